The van der Waals surface area contributed by atoms with Crippen LogP contribution < -0.4 is 14.8 Å². The zero-order valence-electron chi connectivity index (χ0n) is 17.5. The number of carbonyl (C=O) groups is 1. The zero-order valence-corrected chi connectivity index (χ0v) is 19.1. The van der Waals surface area contributed by atoms with Crippen molar-refractivity contribution in [3.8, 4) is 11.5 Å². The number of nitrogens with one attached hydrogen (secondary N) is 1. The summed E-state index contributed by atoms with van der Waals surface area (Å²) in [6.07, 6.45) is 1.79. The molecule has 1 heterocycles. The van der Waals surface area contributed by atoms with Gasteiger partial charge in [-0.2, -0.15) is 0 Å². The first-order valence-electron chi connectivity index (χ1n) is 9.69. The summed E-state index contributed by atoms with van der Waals surface area (Å²) in [4.78, 5) is 14.3. The number of aryl methyl sites for hydroxylation is 1. The molecule has 3 rings (SSSR count). The molecule has 5 nitrogen and oxygen atoms in total. The lowest BCUT2D eigenvalue weighted by Gasteiger charge is -2.16. The molecule has 1 saturated heterocycles. The molecule has 0 atom stereocenters. The average Bonchev–Trinajstić information content (AvgIpc) is 2.94. The quantitative estimate of drug-likeness (QED) is 0.483. The summed E-state index contributed by atoms with van der Waals surface area (Å²) in [6.45, 7) is 6.94. The van der Waals surface area contributed by atoms with E-state index in [1.165, 1.54) is 0 Å². The molecular weight excluding hydrogens is 420 g/mol. The number of ether oxygens (including phenoxy) is 2. The molecule has 1 N–H and O–H groups in total. The van der Waals surface area contributed by atoms with Gasteiger partial charge in [0, 0.05) is 12.1 Å². The Morgan fingerprint density at radius 2 is 1.93 bits per heavy atom. The monoisotopic (exact) mass is 444 g/mol. The topological polar surface area (TPSA) is 50.8 Å². The number of carbonyl (C=O) groups excluding carboxylic acids is 1. The Morgan fingerprint density at radius 3 is 2.60 bits per heavy atom. The molecule has 0 aliphatic carbocycles. The zero-order chi connectivity index (χ0) is 21.8. The minimum Gasteiger partial charge on any atom is -0.496 e. The van der Waals surface area contributed by atoms with Crippen molar-refractivity contribution in [3.05, 3.63) is 63.8 Å². The van der Waals surface area contributed by atoms with Gasteiger partial charge in [0.25, 0.3) is 5.91 Å². The van der Waals surface area contributed by atoms with E-state index in [1.807, 2.05) is 57.2 Å². The van der Waals surface area contributed by atoms with Crippen LogP contribution in [0.3, 0.4) is 0 Å². The molecule has 1 aliphatic heterocycles. The largest absolute Gasteiger partial charge is 0.496 e. The van der Waals surface area contributed by atoms with Crippen molar-refractivity contribution in [1.29, 1.82) is 0 Å². The number of amides is 1. The number of nitrogens with zero attached hydrogens (tertiary/aromatic N) is 1. The second-order valence-electron chi connectivity index (χ2n) is 7.59. The molecule has 158 valence electrons. The van der Waals surface area contributed by atoms with Gasteiger partial charge in [-0.3, -0.25) is 9.69 Å². The molecule has 0 spiro atoms. The summed E-state index contributed by atoms with van der Waals surface area (Å²) in [5, 5.41) is 4.01. The highest BCUT2D eigenvalue weighted by Crippen LogP contribution is 2.28. The van der Waals surface area contributed by atoms with E-state index in [1.54, 1.807) is 18.1 Å². The van der Waals surface area contributed by atoms with Gasteiger partial charge < -0.3 is 14.8 Å². The van der Waals surface area contributed by atoms with Crippen LogP contribution in [0.25, 0.3) is 6.08 Å². The van der Waals surface area contributed by atoms with Gasteiger partial charge in [0.15, 0.2) is 5.11 Å². The predicted octanol–water partition coefficient (Wildman–Crippen LogP) is 4.95. The van der Waals surface area contributed by atoms with E-state index >= 15 is 0 Å². The third-order valence-electron chi connectivity index (χ3n) is 4.60. The predicted molar refractivity (Wildman–Crippen MR) is 124 cm³/mol. The maximum Gasteiger partial charge on any atom is 0.276 e. The second kappa shape index (κ2) is 9.49. The van der Waals surface area contributed by atoms with Gasteiger partial charge in [-0.15, -0.1) is 0 Å². The van der Waals surface area contributed by atoms with Gasteiger partial charge >= 0.3 is 0 Å². The fourth-order valence-electron chi connectivity index (χ4n) is 3.15. The number of hydrogen-bond donors (Lipinski definition) is 1. The third-order valence-corrected chi connectivity index (χ3v) is 5.21. The molecule has 2 aromatic rings. The van der Waals surface area contributed by atoms with E-state index in [0.717, 1.165) is 16.7 Å². The molecular formula is C23H25ClN2O3S. The summed E-state index contributed by atoms with van der Waals surface area (Å²) in [5.41, 5.74) is 3.21. The molecule has 0 saturated carbocycles. The standard InChI is InChI=1S/C23H25ClN2O3S/c1-14(2)12-26-22(27)19(25-23(26)30)11-16-6-8-20(28-4)17(10-16)13-29-21-7-5-15(3)9-18(21)24/h5-11,14H,12-13H2,1-4H3,(H,25,30)/b19-11+. The van der Waals surface area contributed by atoms with Crippen molar-refractivity contribution in [2.45, 2.75) is 27.4 Å². The van der Waals surface area contributed by atoms with Crippen LogP contribution in [0.15, 0.2) is 42.1 Å². The number of methoxy groups -OCH3 is 1. The molecule has 0 aromatic heterocycles. The van der Waals surface area contributed by atoms with Gasteiger partial charge in [-0.05, 0) is 66.5 Å². The number of hydrogen-bond acceptors (Lipinski definition) is 4. The molecule has 1 fully saturated rings. The average molecular weight is 445 g/mol. The van der Waals surface area contributed by atoms with Crippen molar-refractivity contribution < 1.29 is 14.3 Å². The normalized spacial score (nSPS) is 15.1. The Morgan fingerprint density at radius 1 is 1.20 bits per heavy atom. The summed E-state index contributed by atoms with van der Waals surface area (Å²) in [6, 6.07) is 11.3. The minimum absolute atomic E-state index is 0.117. The highest BCUT2D eigenvalue weighted by molar-refractivity contribution is 7.80. The van der Waals surface area contributed by atoms with Crippen molar-refractivity contribution in [2.24, 2.45) is 5.92 Å². The highest BCUT2D eigenvalue weighted by atomic mass is 35.5. The highest BCUT2D eigenvalue weighted by Gasteiger charge is 2.30. The first-order valence-corrected chi connectivity index (χ1v) is 10.5. The Kier molecular flexibility index (Phi) is 7.00. The van der Waals surface area contributed by atoms with Crippen LogP contribution in [-0.4, -0.2) is 29.6 Å². The molecule has 0 unspecified atom stereocenters. The summed E-state index contributed by atoms with van der Waals surface area (Å²) in [5.74, 6) is 1.51. The van der Waals surface area contributed by atoms with E-state index < -0.39 is 0 Å². The van der Waals surface area contributed by atoms with Crippen molar-refractivity contribution in [3.63, 3.8) is 0 Å². The maximum atomic E-state index is 12.7. The first-order chi connectivity index (χ1) is 14.3. The van der Waals surface area contributed by atoms with Gasteiger partial charge in [-0.1, -0.05) is 37.6 Å². The lowest BCUT2D eigenvalue weighted by atomic mass is 10.1. The number of thiocarbonyl (C=S) groups is 1. The Bertz CT molecular complexity index is 1000. The van der Waals surface area contributed by atoms with Crippen LogP contribution in [0.2, 0.25) is 5.02 Å². The Balaban J connectivity index is 1.81. The summed E-state index contributed by atoms with van der Waals surface area (Å²) < 4.78 is 11.4. The fourth-order valence-corrected chi connectivity index (χ4v) is 3.71. The minimum atomic E-state index is -0.117. The molecule has 1 aliphatic rings. The number of halogens is 1. The second-order valence-corrected chi connectivity index (χ2v) is 8.39. The molecule has 1 amide bonds. The van der Waals surface area contributed by atoms with E-state index in [0.29, 0.717) is 39.8 Å². The van der Waals surface area contributed by atoms with Crippen molar-refractivity contribution in [1.82, 2.24) is 10.2 Å². The van der Waals surface area contributed by atoms with Crippen LogP contribution in [0.4, 0.5) is 0 Å². The van der Waals surface area contributed by atoms with E-state index in [9.17, 15) is 4.79 Å². The van der Waals surface area contributed by atoms with Gasteiger partial charge in [0.2, 0.25) is 0 Å². The van der Waals surface area contributed by atoms with E-state index in [-0.39, 0.29) is 12.5 Å². The molecule has 0 radical (unpaired) electrons. The lowest BCUT2D eigenvalue weighted by Crippen LogP contribution is -2.33. The van der Waals surface area contributed by atoms with Crippen LogP contribution >= 0.6 is 23.8 Å². The smallest absolute Gasteiger partial charge is 0.276 e. The summed E-state index contributed by atoms with van der Waals surface area (Å²) >= 11 is 11.6. The van der Waals surface area contributed by atoms with E-state index in [2.05, 4.69) is 5.32 Å². The summed E-state index contributed by atoms with van der Waals surface area (Å²) in [7, 11) is 1.61. The molecule has 30 heavy (non-hydrogen) atoms. The molecule has 0 bridgehead atoms. The fraction of sp³-hybridized carbons (Fsp3) is 0.304. The third kappa shape index (κ3) is 5.12. The van der Waals surface area contributed by atoms with Crippen molar-refractivity contribution >= 4 is 40.9 Å². The van der Waals surface area contributed by atoms with Crippen LogP contribution in [-0.2, 0) is 11.4 Å². The van der Waals surface area contributed by atoms with E-state index in [4.69, 9.17) is 33.3 Å². The molecule has 7 heteroatoms. The van der Waals surface area contributed by atoms with Crippen molar-refractivity contribution in [2.75, 3.05) is 13.7 Å². The molecule has 2 aromatic carbocycles. The van der Waals surface area contributed by atoms with Gasteiger partial charge in [0.1, 0.15) is 23.8 Å². The van der Waals surface area contributed by atoms with Gasteiger partial charge in [-0.25, -0.2) is 0 Å². The van der Waals surface area contributed by atoms with Crippen LogP contribution in [0, 0.1) is 12.8 Å². The van der Waals surface area contributed by atoms with Gasteiger partial charge in [0.05, 0.1) is 12.1 Å². The Hall–Kier alpha value is -2.57. The number of benzene rings is 2. The first kappa shape index (κ1) is 22.1. The number of rotatable bonds is 7. The lowest BCUT2D eigenvalue weighted by molar-refractivity contribution is -0.122. The van der Waals surface area contributed by atoms with Crippen LogP contribution in [0.5, 0.6) is 11.5 Å². The Labute approximate surface area is 187 Å². The maximum absolute atomic E-state index is 12.7. The SMILES string of the molecule is COc1ccc(/C=C2/NC(=S)N(CC(C)C)C2=O)cc1COc1ccc(C)cc1Cl. The van der Waals surface area contributed by atoms with Crippen LogP contribution in [0.1, 0.15) is 30.5 Å².